The molecule has 1 aliphatic carbocycles. The predicted molar refractivity (Wildman–Crippen MR) is 108 cm³/mol. The van der Waals surface area contributed by atoms with Crippen LogP contribution in [-0.4, -0.2) is 12.6 Å². The summed E-state index contributed by atoms with van der Waals surface area (Å²) in [5, 5.41) is 0. The van der Waals surface area contributed by atoms with Crippen molar-refractivity contribution in [2.75, 3.05) is 6.61 Å². The summed E-state index contributed by atoms with van der Waals surface area (Å²) in [5.74, 6) is -0.181. The van der Waals surface area contributed by atoms with Crippen LogP contribution in [0.25, 0.3) is 0 Å². The maximum Gasteiger partial charge on any atom is 0.302 e. The van der Waals surface area contributed by atoms with Gasteiger partial charge >= 0.3 is 5.97 Å². The van der Waals surface area contributed by atoms with E-state index < -0.39 is 0 Å². The summed E-state index contributed by atoms with van der Waals surface area (Å²) in [5.41, 5.74) is 7.89. The van der Waals surface area contributed by atoms with Crippen molar-refractivity contribution in [3.05, 3.63) is 64.9 Å². The molecule has 0 heterocycles. The first kappa shape index (κ1) is 20.3. The number of unbranched alkanes of at least 4 members (excludes halogenated alkanes) is 2. The zero-order valence-corrected chi connectivity index (χ0v) is 16.1. The van der Waals surface area contributed by atoms with Gasteiger partial charge in [-0.15, -0.1) is 5.73 Å². The lowest BCUT2D eigenvalue weighted by atomic mass is 9.91. The molecular weight excluding hydrogens is 320 g/mol. The molecule has 1 aromatic carbocycles. The molecule has 0 spiro atoms. The van der Waals surface area contributed by atoms with Crippen molar-refractivity contribution < 1.29 is 9.53 Å². The fraction of sp³-hybridized carbons (Fsp3) is 0.500. The van der Waals surface area contributed by atoms with Crippen LogP contribution in [0.2, 0.25) is 0 Å². The van der Waals surface area contributed by atoms with E-state index >= 15 is 0 Å². The summed E-state index contributed by atoms with van der Waals surface area (Å²) in [4.78, 5) is 10.8. The van der Waals surface area contributed by atoms with E-state index in [0.717, 1.165) is 38.5 Å². The Morgan fingerprint density at radius 3 is 2.73 bits per heavy atom. The number of rotatable bonds is 10. The largest absolute Gasteiger partial charge is 0.466 e. The van der Waals surface area contributed by atoms with Crippen LogP contribution in [0.1, 0.15) is 70.3 Å². The predicted octanol–water partition coefficient (Wildman–Crippen LogP) is 6.32. The molecule has 2 rings (SSSR count). The smallest absolute Gasteiger partial charge is 0.302 e. The second kappa shape index (κ2) is 12.3. The van der Waals surface area contributed by atoms with E-state index in [1.807, 2.05) is 0 Å². The van der Waals surface area contributed by atoms with E-state index in [9.17, 15) is 4.79 Å². The number of carbonyl (C=O) groups is 1. The Bertz CT molecular complexity index is 633. The molecule has 0 aliphatic heterocycles. The third-order valence-corrected chi connectivity index (χ3v) is 4.75. The summed E-state index contributed by atoms with van der Waals surface area (Å²) < 4.78 is 5.01. The number of hydrogen-bond acceptors (Lipinski definition) is 2. The highest BCUT2D eigenvalue weighted by molar-refractivity contribution is 5.65. The first-order chi connectivity index (χ1) is 12.8. The molecular formula is C24H32O2. The Kier molecular flexibility index (Phi) is 9.61. The highest BCUT2D eigenvalue weighted by Crippen LogP contribution is 2.26. The van der Waals surface area contributed by atoms with E-state index in [2.05, 4.69) is 48.2 Å². The highest BCUT2D eigenvalue weighted by Gasteiger charge is 2.08. The van der Waals surface area contributed by atoms with Crippen molar-refractivity contribution in [1.82, 2.24) is 0 Å². The molecule has 2 heteroatoms. The first-order valence-electron chi connectivity index (χ1n) is 10.1. The Morgan fingerprint density at radius 2 is 2.00 bits per heavy atom. The fourth-order valence-electron chi connectivity index (χ4n) is 3.31. The summed E-state index contributed by atoms with van der Waals surface area (Å²) in [6.07, 6.45) is 16.0. The lowest BCUT2D eigenvalue weighted by Crippen LogP contribution is -2.00. The van der Waals surface area contributed by atoms with E-state index in [0.29, 0.717) is 6.61 Å². The Labute approximate surface area is 158 Å². The highest BCUT2D eigenvalue weighted by atomic mass is 16.5. The van der Waals surface area contributed by atoms with Gasteiger partial charge in [0.05, 0.1) is 6.61 Å². The van der Waals surface area contributed by atoms with Gasteiger partial charge in [-0.25, -0.2) is 0 Å². The van der Waals surface area contributed by atoms with Crippen molar-refractivity contribution in [3.8, 4) is 0 Å². The molecule has 0 N–H and O–H groups in total. The van der Waals surface area contributed by atoms with Gasteiger partial charge in [-0.3, -0.25) is 4.79 Å². The Morgan fingerprint density at radius 1 is 1.15 bits per heavy atom. The van der Waals surface area contributed by atoms with Gasteiger partial charge in [-0.1, -0.05) is 36.4 Å². The molecule has 1 aliphatic rings. The lowest BCUT2D eigenvalue weighted by molar-refractivity contribution is -0.141. The Hall–Kier alpha value is -2.05. The van der Waals surface area contributed by atoms with Gasteiger partial charge in [0.1, 0.15) is 0 Å². The summed E-state index contributed by atoms with van der Waals surface area (Å²) in [7, 11) is 0. The van der Waals surface area contributed by atoms with Gasteiger partial charge in [0.25, 0.3) is 0 Å². The van der Waals surface area contributed by atoms with Crippen LogP contribution in [0.15, 0.2) is 59.4 Å². The minimum absolute atomic E-state index is 0.181. The maximum atomic E-state index is 10.8. The molecule has 0 fully saturated rings. The van der Waals surface area contributed by atoms with E-state index in [1.165, 1.54) is 49.3 Å². The van der Waals surface area contributed by atoms with Crippen molar-refractivity contribution in [2.24, 2.45) is 0 Å². The number of esters is 1. The second-order valence-electron chi connectivity index (χ2n) is 6.98. The van der Waals surface area contributed by atoms with Crippen LogP contribution < -0.4 is 0 Å². The molecule has 0 atom stereocenters. The quantitative estimate of drug-likeness (QED) is 0.279. The number of ether oxygens (including phenoxy) is 1. The molecule has 26 heavy (non-hydrogen) atoms. The molecule has 0 unspecified atom stereocenters. The summed E-state index contributed by atoms with van der Waals surface area (Å²) >= 11 is 0. The van der Waals surface area contributed by atoms with Crippen LogP contribution in [0.5, 0.6) is 0 Å². The normalized spacial score (nSPS) is 13.5. The van der Waals surface area contributed by atoms with Gasteiger partial charge in [0.15, 0.2) is 0 Å². The van der Waals surface area contributed by atoms with Crippen molar-refractivity contribution in [1.29, 1.82) is 0 Å². The van der Waals surface area contributed by atoms with E-state index in [-0.39, 0.29) is 5.97 Å². The number of benzene rings is 1. The van der Waals surface area contributed by atoms with Crippen molar-refractivity contribution in [3.63, 3.8) is 0 Å². The molecule has 0 aromatic heterocycles. The standard InChI is InChI=1S/C24H32O2/c1-21(25)26-20-12-4-9-18-24(23-16-7-3-8-17-23)19-11-10-15-22-13-5-2-6-14-22/h2,5-6,11,13-14,16H,3-4,7-10,12,15,17-18,20H2,1H3. The molecule has 1 aromatic rings. The minimum atomic E-state index is -0.181. The number of hydrogen-bond donors (Lipinski definition) is 0. The Balaban J connectivity index is 1.85. The summed E-state index contributed by atoms with van der Waals surface area (Å²) in [6.45, 7) is 2.01. The molecule has 0 amide bonds. The SMILES string of the molecule is CC(=O)OCCCCCC(=C=CCCc1ccccc1)C1=CCCCC1. The van der Waals surface area contributed by atoms with Crippen LogP contribution >= 0.6 is 0 Å². The van der Waals surface area contributed by atoms with Gasteiger partial charge < -0.3 is 4.74 Å². The van der Waals surface area contributed by atoms with Gasteiger partial charge in [-0.05, 0) is 87.0 Å². The van der Waals surface area contributed by atoms with Crippen molar-refractivity contribution >= 4 is 5.97 Å². The average molecular weight is 353 g/mol. The maximum absolute atomic E-state index is 10.8. The second-order valence-corrected chi connectivity index (χ2v) is 6.98. The molecule has 2 nitrogen and oxygen atoms in total. The van der Waals surface area contributed by atoms with E-state index in [4.69, 9.17) is 4.74 Å². The van der Waals surface area contributed by atoms with Crippen LogP contribution in [0.4, 0.5) is 0 Å². The van der Waals surface area contributed by atoms with Gasteiger partial charge in [0, 0.05) is 6.92 Å². The first-order valence-corrected chi connectivity index (χ1v) is 10.1. The fourth-order valence-corrected chi connectivity index (χ4v) is 3.31. The zero-order chi connectivity index (χ0) is 18.5. The third kappa shape index (κ3) is 8.36. The van der Waals surface area contributed by atoms with Crippen molar-refractivity contribution in [2.45, 2.75) is 71.1 Å². The van der Waals surface area contributed by atoms with Crippen LogP contribution in [-0.2, 0) is 16.0 Å². The summed E-state index contributed by atoms with van der Waals surface area (Å²) in [6, 6.07) is 10.6. The van der Waals surface area contributed by atoms with Crippen LogP contribution in [0.3, 0.4) is 0 Å². The molecule has 0 bridgehead atoms. The molecule has 0 saturated heterocycles. The third-order valence-electron chi connectivity index (χ3n) is 4.75. The zero-order valence-electron chi connectivity index (χ0n) is 16.1. The molecule has 0 radical (unpaired) electrons. The van der Waals surface area contributed by atoms with Crippen LogP contribution in [0, 0.1) is 0 Å². The average Bonchev–Trinajstić information content (AvgIpc) is 2.67. The number of carbonyl (C=O) groups excluding carboxylic acids is 1. The topological polar surface area (TPSA) is 26.3 Å². The van der Waals surface area contributed by atoms with Gasteiger partial charge in [-0.2, -0.15) is 0 Å². The number of allylic oxidation sites excluding steroid dienone is 3. The molecule has 140 valence electrons. The number of aryl methyl sites for hydroxylation is 1. The monoisotopic (exact) mass is 352 g/mol. The lowest BCUT2D eigenvalue weighted by Gasteiger charge is -2.14. The van der Waals surface area contributed by atoms with Gasteiger partial charge in [0.2, 0.25) is 0 Å². The minimum Gasteiger partial charge on any atom is -0.466 e. The van der Waals surface area contributed by atoms with E-state index in [1.54, 1.807) is 0 Å². The molecule has 0 saturated carbocycles.